The third kappa shape index (κ3) is 4.41. The molecule has 0 saturated heterocycles. The Labute approximate surface area is 223 Å². The summed E-state index contributed by atoms with van der Waals surface area (Å²) >= 11 is 0. The van der Waals surface area contributed by atoms with Crippen LogP contribution in [0.15, 0.2) is 86.1 Å². The van der Waals surface area contributed by atoms with Crippen LogP contribution in [0.2, 0.25) is 0 Å². The summed E-state index contributed by atoms with van der Waals surface area (Å²) in [4.78, 5) is 3.49. The molecule has 0 spiro atoms. The van der Waals surface area contributed by atoms with Crippen molar-refractivity contribution in [2.24, 2.45) is 10.8 Å². The van der Waals surface area contributed by atoms with Gasteiger partial charge in [-0.15, -0.1) is 13.2 Å². The van der Waals surface area contributed by atoms with Gasteiger partial charge in [-0.05, 0) is 58.1 Å². The second-order valence-corrected chi connectivity index (χ2v) is 12.5. The van der Waals surface area contributed by atoms with Crippen LogP contribution in [0.3, 0.4) is 0 Å². The van der Waals surface area contributed by atoms with E-state index in [-0.39, 0.29) is 16.2 Å². The molecule has 5 rings (SSSR count). The van der Waals surface area contributed by atoms with E-state index in [0.717, 1.165) is 19.4 Å². The van der Waals surface area contributed by atoms with Gasteiger partial charge in [0.15, 0.2) is 0 Å². The molecule has 2 heterocycles. The molecule has 1 aliphatic carbocycles. The summed E-state index contributed by atoms with van der Waals surface area (Å²) in [6, 6.07) is 13.7. The first-order chi connectivity index (χ1) is 17.6. The minimum absolute atomic E-state index is 0.0328. The predicted octanol–water partition coefficient (Wildman–Crippen LogP) is 9.51. The quantitative estimate of drug-likeness (QED) is 0.317. The van der Waals surface area contributed by atoms with Crippen molar-refractivity contribution in [3.63, 3.8) is 0 Å². The minimum atomic E-state index is -0.101. The number of hydrogen-bond donors (Lipinski definition) is 2. The summed E-state index contributed by atoms with van der Waals surface area (Å²) < 4.78 is 0. The second-order valence-electron chi connectivity index (χ2n) is 12.5. The van der Waals surface area contributed by atoms with Gasteiger partial charge >= 0.3 is 0 Å². The van der Waals surface area contributed by atoms with E-state index in [1.54, 1.807) is 0 Å². The van der Waals surface area contributed by atoms with Crippen LogP contribution in [0.1, 0.15) is 81.5 Å². The van der Waals surface area contributed by atoms with E-state index < -0.39 is 0 Å². The van der Waals surface area contributed by atoms with E-state index in [9.17, 15) is 0 Å². The van der Waals surface area contributed by atoms with Crippen molar-refractivity contribution in [3.05, 3.63) is 108 Å². The van der Waals surface area contributed by atoms with Crippen molar-refractivity contribution in [1.82, 2.24) is 4.98 Å². The first-order valence-corrected chi connectivity index (χ1v) is 13.7. The molecule has 1 aliphatic heterocycles. The van der Waals surface area contributed by atoms with Crippen LogP contribution in [0.5, 0.6) is 0 Å². The summed E-state index contributed by atoms with van der Waals surface area (Å²) in [5.41, 5.74) is 7.84. The molecule has 192 valence electrons. The van der Waals surface area contributed by atoms with E-state index >= 15 is 0 Å². The number of anilines is 1. The first kappa shape index (κ1) is 25.4. The van der Waals surface area contributed by atoms with Gasteiger partial charge < -0.3 is 10.3 Å². The Morgan fingerprint density at radius 2 is 1.86 bits per heavy atom. The van der Waals surface area contributed by atoms with Crippen molar-refractivity contribution in [3.8, 4) is 0 Å². The highest BCUT2D eigenvalue weighted by Crippen LogP contribution is 2.49. The zero-order valence-electron chi connectivity index (χ0n) is 23.2. The van der Waals surface area contributed by atoms with Crippen LogP contribution in [0, 0.1) is 10.8 Å². The average molecular weight is 491 g/mol. The monoisotopic (exact) mass is 490 g/mol. The van der Waals surface area contributed by atoms with E-state index in [1.165, 1.54) is 38.8 Å². The number of aromatic amines is 1. The van der Waals surface area contributed by atoms with Crippen LogP contribution in [-0.2, 0) is 5.41 Å². The van der Waals surface area contributed by atoms with Gasteiger partial charge in [-0.2, -0.15) is 0 Å². The maximum Gasteiger partial charge on any atom is 0.0463 e. The van der Waals surface area contributed by atoms with Crippen molar-refractivity contribution in [2.75, 3.05) is 11.9 Å². The molecule has 0 amide bonds. The third-order valence-corrected chi connectivity index (χ3v) is 9.21. The summed E-state index contributed by atoms with van der Waals surface area (Å²) in [6.45, 7) is 20.7. The zero-order valence-corrected chi connectivity index (χ0v) is 23.2. The molecule has 0 unspecified atom stereocenters. The zero-order chi connectivity index (χ0) is 26.4. The first-order valence-electron chi connectivity index (χ1n) is 13.7. The van der Waals surface area contributed by atoms with E-state index in [2.05, 4.69) is 131 Å². The molecule has 0 radical (unpaired) electrons. The molecule has 3 aromatic rings. The van der Waals surface area contributed by atoms with Crippen LogP contribution in [0.4, 0.5) is 5.69 Å². The highest BCUT2D eigenvalue weighted by molar-refractivity contribution is 5.92. The lowest BCUT2D eigenvalue weighted by Crippen LogP contribution is -2.25. The number of benzene rings is 2. The van der Waals surface area contributed by atoms with Crippen molar-refractivity contribution >= 4 is 22.7 Å². The van der Waals surface area contributed by atoms with Crippen molar-refractivity contribution in [1.29, 1.82) is 0 Å². The molecule has 2 nitrogen and oxygen atoms in total. The maximum absolute atomic E-state index is 4.13. The summed E-state index contributed by atoms with van der Waals surface area (Å²) in [5, 5.41) is 4.93. The number of hydrogen-bond acceptors (Lipinski definition) is 1. The normalized spacial score (nSPS) is 23.8. The Kier molecular flexibility index (Phi) is 6.34. The van der Waals surface area contributed by atoms with Crippen LogP contribution < -0.4 is 5.32 Å². The summed E-state index contributed by atoms with van der Waals surface area (Å²) in [5.74, 6) is 0.776. The van der Waals surface area contributed by atoms with Crippen LogP contribution >= 0.6 is 0 Å². The predicted molar refractivity (Wildman–Crippen MR) is 161 cm³/mol. The third-order valence-electron chi connectivity index (χ3n) is 9.21. The topological polar surface area (TPSA) is 27.8 Å². The van der Waals surface area contributed by atoms with Crippen LogP contribution in [0.25, 0.3) is 17.0 Å². The summed E-state index contributed by atoms with van der Waals surface area (Å²) in [6.07, 6.45) is 18.2. The second kappa shape index (κ2) is 9.24. The average Bonchev–Trinajstić information content (AvgIpc) is 3.53. The van der Waals surface area contributed by atoms with Gasteiger partial charge in [-0.3, -0.25) is 0 Å². The fourth-order valence-electron chi connectivity index (χ4n) is 6.28. The lowest BCUT2D eigenvalue weighted by atomic mass is 9.67. The molecule has 3 atom stereocenters. The molecular formula is C35H42N2. The Balaban J connectivity index is 1.53. The molecule has 2 heteroatoms. The van der Waals surface area contributed by atoms with Gasteiger partial charge in [-0.25, -0.2) is 0 Å². The largest absolute Gasteiger partial charge is 0.384 e. The molecule has 37 heavy (non-hydrogen) atoms. The SMILES string of the molecule is C=CC(C)(C)c1c[nH]c2cccc(/C=C\[C@@]3(C)CCC=C[C@H]3c3ccc4c(c3)[C@H](C(C)(C)C=C)CN4)c12. The number of aromatic nitrogens is 1. The van der Waals surface area contributed by atoms with Gasteiger partial charge in [0.05, 0.1) is 0 Å². The molecule has 2 aliphatic rings. The Bertz CT molecular complexity index is 1400. The smallest absolute Gasteiger partial charge is 0.0463 e. The van der Waals surface area contributed by atoms with Crippen LogP contribution in [-0.4, -0.2) is 11.5 Å². The molecule has 2 aromatic carbocycles. The maximum atomic E-state index is 4.13. The lowest BCUT2D eigenvalue weighted by molar-refractivity contribution is 0.340. The van der Waals surface area contributed by atoms with Gasteiger partial charge in [-0.1, -0.05) is 95.3 Å². The molecule has 0 saturated carbocycles. The molecule has 0 fully saturated rings. The highest BCUT2D eigenvalue weighted by atomic mass is 14.9. The Morgan fingerprint density at radius 1 is 1.05 bits per heavy atom. The fourth-order valence-corrected chi connectivity index (χ4v) is 6.28. The Morgan fingerprint density at radius 3 is 2.62 bits per heavy atom. The number of rotatable bonds is 7. The van der Waals surface area contributed by atoms with Crippen molar-refractivity contribution in [2.45, 2.75) is 64.7 Å². The van der Waals surface area contributed by atoms with Gasteiger partial charge in [0.2, 0.25) is 0 Å². The molecule has 1 aromatic heterocycles. The number of allylic oxidation sites excluding steroid dienone is 5. The van der Waals surface area contributed by atoms with E-state index in [4.69, 9.17) is 0 Å². The number of fused-ring (bicyclic) bond motifs is 2. The highest BCUT2D eigenvalue weighted by Gasteiger charge is 2.37. The van der Waals surface area contributed by atoms with E-state index in [1.807, 2.05) is 6.08 Å². The van der Waals surface area contributed by atoms with Crippen molar-refractivity contribution < 1.29 is 0 Å². The Hall–Kier alpha value is -3.26. The van der Waals surface area contributed by atoms with Gasteiger partial charge in [0.1, 0.15) is 0 Å². The van der Waals surface area contributed by atoms with E-state index in [0.29, 0.717) is 11.8 Å². The number of H-pyrrole nitrogens is 1. The standard InChI is InChI=1S/C35H42N2/c1-8-33(3,4)28-22-36-30-17-16-25(21-26(28)30)27-14-10-11-19-35(27,7)20-18-24-13-12-15-31-32(24)29(23-37-31)34(5,6)9-2/h8-10,12-18,20-21,23,27-28,36-37H,1-2,11,19,22H2,3-7H3/b20-18-/t27-,28+,35+/m0/s1. The molecular weight excluding hydrogens is 448 g/mol. The minimum Gasteiger partial charge on any atom is -0.384 e. The lowest BCUT2D eigenvalue weighted by Gasteiger charge is -2.37. The van der Waals surface area contributed by atoms with Gasteiger partial charge in [0, 0.05) is 46.6 Å². The molecule has 0 bridgehead atoms. The summed E-state index contributed by atoms with van der Waals surface area (Å²) in [7, 11) is 0. The fraction of sp³-hybridized carbons (Fsp3) is 0.371. The van der Waals surface area contributed by atoms with Gasteiger partial charge in [0.25, 0.3) is 0 Å². The molecule has 2 N–H and O–H groups in total. The number of nitrogens with one attached hydrogen (secondary N) is 2.